The third-order valence-electron chi connectivity index (χ3n) is 3.12. The Morgan fingerprint density at radius 1 is 0.929 bits per heavy atom. The Balaban J connectivity index is 4.02. The minimum atomic E-state index is -1.48. The van der Waals surface area contributed by atoms with Crippen LogP contribution in [-0.2, 0) is 4.43 Å². The van der Waals surface area contributed by atoms with Crippen LogP contribution in [0.1, 0.15) is 20.8 Å². The first-order chi connectivity index (χ1) is 5.96. The van der Waals surface area contributed by atoms with Gasteiger partial charge >= 0.3 is 0 Å². The van der Waals surface area contributed by atoms with Gasteiger partial charge in [-0.2, -0.15) is 0 Å². The molecular weight excluding hydrogens is 204 g/mol. The second-order valence-corrected chi connectivity index (χ2v) is 17.4. The SMILES string of the molecule is CC(C)(C)[Si](C)(C)OCC[Si](C)(C)C. The fourth-order valence-corrected chi connectivity index (χ4v) is 2.79. The normalized spacial score (nSPS) is 14.6. The summed E-state index contributed by atoms with van der Waals surface area (Å²) in [5.41, 5.74) is 0. The summed E-state index contributed by atoms with van der Waals surface area (Å²) in [5.74, 6) is 0. The Morgan fingerprint density at radius 2 is 1.36 bits per heavy atom. The fraction of sp³-hybridized carbons (Fsp3) is 1.00. The van der Waals surface area contributed by atoms with Crippen LogP contribution in [0, 0.1) is 0 Å². The van der Waals surface area contributed by atoms with E-state index in [4.69, 9.17) is 4.43 Å². The molecular formula is C11H28OSi2. The molecule has 0 fully saturated rings. The van der Waals surface area contributed by atoms with Crippen LogP contribution in [0.25, 0.3) is 0 Å². The summed E-state index contributed by atoms with van der Waals surface area (Å²) in [7, 11) is -2.40. The quantitative estimate of drug-likeness (QED) is 0.655. The van der Waals surface area contributed by atoms with E-state index in [0.29, 0.717) is 5.04 Å². The van der Waals surface area contributed by atoms with Gasteiger partial charge in [-0.25, -0.2) is 0 Å². The molecule has 14 heavy (non-hydrogen) atoms. The maximum Gasteiger partial charge on any atom is 0.191 e. The van der Waals surface area contributed by atoms with E-state index >= 15 is 0 Å². The van der Waals surface area contributed by atoms with Gasteiger partial charge in [0.25, 0.3) is 0 Å². The molecule has 0 rings (SSSR count). The minimum absolute atomic E-state index is 0.354. The van der Waals surface area contributed by atoms with Crippen molar-refractivity contribution in [2.24, 2.45) is 0 Å². The molecule has 0 amide bonds. The van der Waals surface area contributed by atoms with E-state index in [1.165, 1.54) is 6.04 Å². The van der Waals surface area contributed by atoms with Crippen molar-refractivity contribution in [2.45, 2.75) is 64.6 Å². The molecule has 0 heterocycles. The predicted molar refractivity (Wildman–Crippen MR) is 71.3 cm³/mol. The zero-order chi connectivity index (χ0) is 11.6. The zero-order valence-corrected chi connectivity index (χ0v) is 13.3. The number of hydrogen-bond donors (Lipinski definition) is 0. The van der Waals surface area contributed by atoms with Crippen LogP contribution < -0.4 is 0 Å². The zero-order valence-electron chi connectivity index (χ0n) is 11.3. The predicted octanol–water partition coefficient (Wildman–Crippen LogP) is 4.35. The molecule has 1 nitrogen and oxygen atoms in total. The molecule has 0 saturated heterocycles. The molecule has 0 spiro atoms. The van der Waals surface area contributed by atoms with Gasteiger partial charge in [-0.05, 0) is 24.2 Å². The van der Waals surface area contributed by atoms with Crippen LogP contribution in [0.2, 0.25) is 43.8 Å². The lowest BCUT2D eigenvalue weighted by molar-refractivity contribution is 0.306. The average Bonchev–Trinajstić information content (AvgIpc) is 1.80. The molecule has 0 aliphatic carbocycles. The summed E-state index contributed by atoms with van der Waals surface area (Å²) in [6.07, 6.45) is 0. The molecule has 0 aliphatic rings. The van der Waals surface area contributed by atoms with Crippen molar-refractivity contribution in [1.29, 1.82) is 0 Å². The van der Waals surface area contributed by atoms with E-state index in [0.717, 1.165) is 6.61 Å². The third kappa shape index (κ3) is 5.32. The first kappa shape index (κ1) is 14.4. The van der Waals surface area contributed by atoms with Gasteiger partial charge in [0.1, 0.15) is 0 Å². The van der Waals surface area contributed by atoms with Crippen molar-refractivity contribution in [1.82, 2.24) is 0 Å². The highest BCUT2D eigenvalue weighted by Crippen LogP contribution is 2.36. The average molecular weight is 233 g/mol. The summed E-state index contributed by atoms with van der Waals surface area (Å²) in [5, 5.41) is 0.354. The molecule has 0 aromatic rings. The number of hydrogen-bond acceptors (Lipinski definition) is 1. The van der Waals surface area contributed by atoms with E-state index in [1.807, 2.05) is 0 Å². The van der Waals surface area contributed by atoms with Gasteiger partial charge in [-0.15, -0.1) is 0 Å². The van der Waals surface area contributed by atoms with Gasteiger partial charge in [-0.1, -0.05) is 40.4 Å². The van der Waals surface area contributed by atoms with Crippen LogP contribution in [0.15, 0.2) is 0 Å². The molecule has 86 valence electrons. The van der Waals surface area contributed by atoms with Crippen LogP contribution >= 0.6 is 0 Å². The highest BCUT2D eigenvalue weighted by atomic mass is 28.4. The summed E-state index contributed by atoms with van der Waals surface area (Å²) < 4.78 is 6.14. The summed E-state index contributed by atoms with van der Waals surface area (Å²) >= 11 is 0. The van der Waals surface area contributed by atoms with Gasteiger partial charge < -0.3 is 4.43 Å². The van der Waals surface area contributed by atoms with Gasteiger partial charge in [0.05, 0.1) is 0 Å². The van der Waals surface area contributed by atoms with Crippen molar-refractivity contribution in [2.75, 3.05) is 6.61 Å². The first-order valence-electron chi connectivity index (χ1n) is 5.60. The highest BCUT2D eigenvalue weighted by Gasteiger charge is 2.37. The summed E-state index contributed by atoms with van der Waals surface area (Å²) in [6, 6.07) is 1.29. The molecule has 0 saturated carbocycles. The Kier molecular flexibility index (Phi) is 4.62. The van der Waals surface area contributed by atoms with Crippen LogP contribution in [0.3, 0.4) is 0 Å². The second kappa shape index (κ2) is 4.50. The molecule has 0 atom stereocenters. The van der Waals surface area contributed by atoms with Gasteiger partial charge in [-0.3, -0.25) is 0 Å². The lowest BCUT2D eigenvalue weighted by atomic mass is 10.2. The van der Waals surface area contributed by atoms with Gasteiger partial charge in [0, 0.05) is 14.7 Å². The van der Waals surface area contributed by atoms with Crippen LogP contribution in [0.4, 0.5) is 0 Å². The lowest BCUT2D eigenvalue weighted by Crippen LogP contribution is -2.41. The van der Waals surface area contributed by atoms with Gasteiger partial charge in [0.15, 0.2) is 8.32 Å². The molecule has 0 aromatic carbocycles. The van der Waals surface area contributed by atoms with Crippen LogP contribution in [-0.4, -0.2) is 23.0 Å². The van der Waals surface area contributed by atoms with Crippen molar-refractivity contribution >= 4 is 16.4 Å². The molecule has 0 radical (unpaired) electrons. The Bertz CT molecular complexity index is 175. The molecule has 0 aromatic heterocycles. The van der Waals surface area contributed by atoms with E-state index in [-0.39, 0.29) is 0 Å². The smallest absolute Gasteiger partial charge is 0.191 e. The van der Waals surface area contributed by atoms with E-state index in [2.05, 4.69) is 53.5 Å². The largest absolute Gasteiger partial charge is 0.417 e. The topological polar surface area (TPSA) is 9.23 Å². The minimum Gasteiger partial charge on any atom is -0.417 e. The summed E-state index contributed by atoms with van der Waals surface area (Å²) in [4.78, 5) is 0. The van der Waals surface area contributed by atoms with Crippen LogP contribution in [0.5, 0.6) is 0 Å². The van der Waals surface area contributed by atoms with Crippen molar-refractivity contribution in [3.8, 4) is 0 Å². The van der Waals surface area contributed by atoms with E-state index < -0.39 is 16.4 Å². The van der Waals surface area contributed by atoms with Crippen molar-refractivity contribution in [3.05, 3.63) is 0 Å². The van der Waals surface area contributed by atoms with Crippen molar-refractivity contribution < 1.29 is 4.43 Å². The Morgan fingerprint density at radius 3 is 1.64 bits per heavy atom. The molecule has 0 N–H and O–H groups in total. The highest BCUT2D eigenvalue weighted by molar-refractivity contribution is 6.76. The molecule has 0 unspecified atom stereocenters. The molecule has 0 aliphatic heterocycles. The summed E-state index contributed by atoms with van der Waals surface area (Å²) in [6.45, 7) is 19.8. The fourth-order valence-electron chi connectivity index (χ4n) is 0.829. The molecule has 0 bridgehead atoms. The maximum absolute atomic E-state index is 6.14. The molecule has 3 heteroatoms. The van der Waals surface area contributed by atoms with E-state index in [1.54, 1.807) is 0 Å². The monoisotopic (exact) mass is 232 g/mol. The Labute approximate surface area is 92.4 Å². The third-order valence-corrected chi connectivity index (χ3v) is 9.36. The standard InChI is InChI=1S/C11H28OSi2/c1-11(2,3)14(7,8)12-9-10-13(4,5)6/h9-10H2,1-8H3. The maximum atomic E-state index is 6.14. The second-order valence-electron chi connectivity index (χ2n) is 6.92. The number of rotatable bonds is 4. The van der Waals surface area contributed by atoms with E-state index in [9.17, 15) is 0 Å². The lowest BCUT2D eigenvalue weighted by Gasteiger charge is -2.36. The van der Waals surface area contributed by atoms with Crippen molar-refractivity contribution in [3.63, 3.8) is 0 Å². The Hall–Kier alpha value is 0.394. The van der Waals surface area contributed by atoms with Gasteiger partial charge in [0.2, 0.25) is 0 Å². The first-order valence-corrected chi connectivity index (χ1v) is 12.2.